The van der Waals surface area contributed by atoms with Crippen LogP contribution in [0.5, 0.6) is 0 Å². The van der Waals surface area contributed by atoms with Crippen molar-refractivity contribution in [2.75, 3.05) is 18.4 Å². The van der Waals surface area contributed by atoms with E-state index in [0.717, 1.165) is 24.3 Å². The maximum absolute atomic E-state index is 12.9. The summed E-state index contributed by atoms with van der Waals surface area (Å²) in [5.41, 5.74) is 1.89. The molecule has 5 nitrogen and oxygen atoms in total. The van der Waals surface area contributed by atoms with Gasteiger partial charge in [-0.2, -0.15) is 26.3 Å². The number of nitrogens with one attached hydrogen (secondary N) is 2. The molecule has 0 saturated carbocycles. The molecule has 2 aromatic carbocycles. The number of hydrogen-bond donors (Lipinski definition) is 2. The number of piperidine rings is 1. The number of rotatable bonds is 3. The summed E-state index contributed by atoms with van der Waals surface area (Å²) >= 11 is 5.11. The van der Waals surface area contributed by atoms with Crippen molar-refractivity contribution in [3.8, 4) is 0 Å². The Bertz CT molecular complexity index is 1080. The van der Waals surface area contributed by atoms with Gasteiger partial charge in [-0.1, -0.05) is 18.2 Å². The Hall–Kier alpha value is -2.83. The van der Waals surface area contributed by atoms with E-state index in [0.29, 0.717) is 37.2 Å². The largest absolute Gasteiger partial charge is 0.416 e. The van der Waals surface area contributed by atoms with Crippen LogP contribution >= 0.6 is 12.2 Å². The summed E-state index contributed by atoms with van der Waals surface area (Å²) < 4.78 is 76.9. The Morgan fingerprint density at radius 2 is 1.62 bits per heavy atom. The number of benzene rings is 2. The van der Waals surface area contributed by atoms with Crippen molar-refractivity contribution >= 4 is 28.8 Å². The van der Waals surface area contributed by atoms with Crippen LogP contribution in [-0.2, 0) is 22.0 Å². The van der Waals surface area contributed by atoms with E-state index in [1.807, 2.05) is 6.08 Å². The van der Waals surface area contributed by atoms with Gasteiger partial charge in [0.25, 0.3) is 5.17 Å². The van der Waals surface area contributed by atoms with E-state index >= 15 is 0 Å². The number of hydrogen-bond acceptors (Lipinski definition) is 5. The van der Waals surface area contributed by atoms with Crippen molar-refractivity contribution in [1.82, 2.24) is 10.5 Å². The molecule has 2 aliphatic rings. The Balaban J connectivity index is 1.32. The second-order valence-corrected chi connectivity index (χ2v) is 8.28. The standard InChI is InChI=1S/C22H19F6N3O2S/c23-21(24,25)15-6-4-14(5-7-15)18-13-20(33-30-18)8-10-31(11-9-20)32-19(34)29-17-3-1-2-16(12-17)22(26,27)28/h1-7,12-13,30H,8-11H2,(H,29,34). The van der Waals surface area contributed by atoms with Crippen LogP contribution in [0.1, 0.15) is 29.5 Å². The maximum atomic E-state index is 12.9. The lowest BCUT2D eigenvalue weighted by molar-refractivity contribution is -0.142. The van der Waals surface area contributed by atoms with Gasteiger partial charge in [0.1, 0.15) is 5.60 Å². The first kappa shape index (κ1) is 24.3. The van der Waals surface area contributed by atoms with Crippen molar-refractivity contribution in [2.45, 2.75) is 30.8 Å². The van der Waals surface area contributed by atoms with Crippen molar-refractivity contribution in [3.63, 3.8) is 0 Å². The number of nitrogens with zero attached hydrogens (tertiary/aromatic N) is 1. The molecular formula is C22H19F6N3O2S. The third kappa shape index (κ3) is 5.62. The third-order valence-electron chi connectivity index (χ3n) is 5.51. The average molecular weight is 503 g/mol. The monoisotopic (exact) mass is 503 g/mol. The predicted octanol–water partition coefficient (Wildman–Crippen LogP) is 5.76. The number of thiocarbonyl (C=S) groups is 1. The molecule has 0 atom stereocenters. The van der Waals surface area contributed by atoms with Crippen molar-refractivity contribution in [1.29, 1.82) is 0 Å². The van der Waals surface area contributed by atoms with Gasteiger partial charge in [-0.15, -0.1) is 5.06 Å². The zero-order chi connectivity index (χ0) is 24.6. The molecule has 1 fully saturated rings. The highest BCUT2D eigenvalue weighted by Gasteiger charge is 2.40. The summed E-state index contributed by atoms with van der Waals surface area (Å²) in [6.45, 7) is 0.811. The molecule has 0 radical (unpaired) electrons. The number of anilines is 1. The fraction of sp³-hybridized carbons (Fsp3) is 0.318. The minimum atomic E-state index is -4.47. The fourth-order valence-corrected chi connectivity index (χ4v) is 3.92. The maximum Gasteiger partial charge on any atom is 0.416 e. The zero-order valence-electron chi connectivity index (χ0n) is 17.5. The normalized spacial score (nSPS) is 18.4. The first-order valence-corrected chi connectivity index (χ1v) is 10.6. The summed E-state index contributed by atoms with van der Waals surface area (Å²) in [6.07, 6.45) is -6.04. The summed E-state index contributed by atoms with van der Waals surface area (Å²) in [7, 11) is 0. The lowest BCUT2D eigenvalue weighted by Crippen LogP contribution is -2.45. The fourth-order valence-electron chi connectivity index (χ4n) is 3.69. The van der Waals surface area contributed by atoms with E-state index in [1.54, 1.807) is 5.06 Å². The first-order valence-electron chi connectivity index (χ1n) is 10.2. The molecule has 1 saturated heterocycles. The summed E-state index contributed by atoms with van der Waals surface area (Å²) in [5, 5.41) is 4.11. The lowest BCUT2D eigenvalue weighted by atomic mass is 9.91. The van der Waals surface area contributed by atoms with Crippen LogP contribution in [0.2, 0.25) is 0 Å². The van der Waals surface area contributed by atoms with Gasteiger partial charge >= 0.3 is 12.4 Å². The van der Waals surface area contributed by atoms with E-state index in [1.165, 1.54) is 24.3 Å². The van der Waals surface area contributed by atoms with Gasteiger partial charge in [-0.25, -0.2) is 0 Å². The van der Waals surface area contributed by atoms with Crippen LogP contribution in [0.25, 0.3) is 5.70 Å². The van der Waals surface area contributed by atoms with E-state index in [-0.39, 0.29) is 10.9 Å². The highest BCUT2D eigenvalue weighted by molar-refractivity contribution is 7.80. The summed E-state index contributed by atoms with van der Waals surface area (Å²) in [5.74, 6) is 0. The molecule has 12 heteroatoms. The molecule has 0 aromatic heterocycles. The van der Waals surface area contributed by atoms with Gasteiger partial charge in [0, 0.05) is 18.8 Å². The molecule has 2 aliphatic heterocycles. The van der Waals surface area contributed by atoms with E-state index in [4.69, 9.17) is 21.9 Å². The van der Waals surface area contributed by atoms with Crippen molar-refractivity contribution in [2.24, 2.45) is 0 Å². The van der Waals surface area contributed by atoms with Gasteiger partial charge in [-0.3, -0.25) is 10.3 Å². The molecule has 182 valence electrons. The van der Waals surface area contributed by atoms with Crippen LogP contribution in [0.4, 0.5) is 32.0 Å². The Kier molecular flexibility index (Phi) is 6.49. The lowest BCUT2D eigenvalue weighted by Gasteiger charge is -2.35. The van der Waals surface area contributed by atoms with Crippen LogP contribution in [-0.4, -0.2) is 28.9 Å². The predicted molar refractivity (Wildman–Crippen MR) is 116 cm³/mol. The van der Waals surface area contributed by atoms with Gasteiger partial charge in [0.2, 0.25) is 0 Å². The Labute approximate surface area is 196 Å². The summed E-state index contributed by atoms with van der Waals surface area (Å²) in [4.78, 5) is 11.3. The van der Waals surface area contributed by atoms with Crippen molar-refractivity contribution in [3.05, 3.63) is 71.3 Å². The van der Waals surface area contributed by atoms with Gasteiger partial charge in [0.15, 0.2) is 0 Å². The van der Waals surface area contributed by atoms with E-state index < -0.39 is 29.1 Å². The Morgan fingerprint density at radius 1 is 0.971 bits per heavy atom. The van der Waals surface area contributed by atoms with Gasteiger partial charge in [-0.05, 0) is 67.0 Å². The van der Waals surface area contributed by atoms with Crippen LogP contribution in [0, 0.1) is 0 Å². The molecule has 2 N–H and O–H groups in total. The number of halogens is 6. The molecule has 0 aliphatic carbocycles. The number of alkyl halides is 6. The van der Waals surface area contributed by atoms with Crippen LogP contribution < -0.4 is 10.8 Å². The molecule has 0 amide bonds. The molecule has 0 bridgehead atoms. The van der Waals surface area contributed by atoms with Crippen molar-refractivity contribution < 1.29 is 36.0 Å². The smallest absolute Gasteiger partial charge is 0.375 e. The average Bonchev–Trinajstić information content (AvgIpc) is 3.18. The first-order chi connectivity index (χ1) is 15.9. The molecule has 34 heavy (non-hydrogen) atoms. The quantitative estimate of drug-likeness (QED) is 0.410. The minimum absolute atomic E-state index is 0.0956. The molecule has 2 aromatic rings. The highest BCUT2D eigenvalue weighted by atomic mass is 32.1. The second-order valence-electron chi connectivity index (χ2n) is 7.91. The Morgan fingerprint density at radius 3 is 2.24 bits per heavy atom. The molecule has 4 rings (SSSR count). The molecule has 1 spiro atoms. The summed E-state index contributed by atoms with van der Waals surface area (Å²) in [6, 6.07) is 9.38. The van der Waals surface area contributed by atoms with Gasteiger partial charge in [0.05, 0.1) is 16.8 Å². The van der Waals surface area contributed by atoms with Crippen LogP contribution in [0.3, 0.4) is 0 Å². The van der Waals surface area contributed by atoms with E-state index in [9.17, 15) is 26.3 Å². The third-order valence-corrected chi connectivity index (χ3v) is 5.69. The minimum Gasteiger partial charge on any atom is -0.375 e. The van der Waals surface area contributed by atoms with E-state index in [2.05, 4.69) is 10.8 Å². The number of hydroxylamine groups is 3. The van der Waals surface area contributed by atoms with Crippen LogP contribution in [0.15, 0.2) is 54.6 Å². The second kappa shape index (κ2) is 9.08. The SMILES string of the molecule is FC(F)(F)c1ccc(C2=CC3(CCN(OC(=S)Nc4cccc(C(F)(F)F)c4)CC3)ON2)cc1. The topological polar surface area (TPSA) is 45.8 Å². The molecular weight excluding hydrogens is 484 g/mol. The highest BCUT2D eigenvalue weighted by Crippen LogP contribution is 2.36. The molecule has 0 unspecified atom stereocenters. The molecule has 2 heterocycles. The van der Waals surface area contributed by atoms with Gasteiger partial charge < -0.3 is 10.2 Å². The zero-order valence-corrected chi connectivity index (χ0v) is 18.3.